The van der Waals surface area contributed by atoms with E-state index in [4.69, 9.17) is 11.6 Å². The Balaban J connectivity index is 1.97. The third-order valence-corrected chi connectivity index (χ3v) is 4.20. The zero-order chi connectivity index (χ0) is 13.9. The van der Waals surface area contributed by atoms with Crippen molar-refractivity contribution in [3.63, 3.8) is 0 Å². The number of nitrogens with zero attached hydrogens (tertiary/aromatic N) is 2. The number of hydrogen-bond donors (Lipinski definition) is 0. The van der Waals surface area contributed by atoms with Crippen LogP contribution in [0.15, 0.2) is 30.5 Å². The van der Waals surface area contributed by atoms with Crippen molar-refractivity contribution in [1.29, 1.82) is 0 Å². The summed E-state index contributed by atoms with van der Waals surface area (Å²) in [5, 5.41) is 5.31. The van der Waals surface area contributed by atoms with Gasteiger partial charge in [-0.25, -0.2) is 4.68 Å². The van der Waals surface area contributed by atoms with E-state index in [1.807, 2.05) is 30.5 Å². The van der Waals surface area contributed by atoms with E-state index >= 15 is 0 Å². The van der Waals surface area contributed by atoms with E-state index in [0.29, 0.717) is 16.5 Å². The summed E-state index contributed by atoms with van der Waals surface area (Å²) in [6, 6.07) is 7.52. The molecule has 3 rings (SSSR count). The van der Waals surface area contributed by atoms with Gasteiger partial charge in [-0.3, -0.25) is 4.79 Å². The highest BCUT2D eigenvalue weighted by atomic mass is 35.5. The van der Waals surface area contributed by atoms with Gasteiger partial charge in [-0.15, -0.1) is 0 Å². The number of hydrogen-bond acceptors (Lipinski definition) is 2. The SMILES string of the molecule is O=Cc1cn(-c2cccc(Cl)c2)nc1C1CCCCC1. The minimum atomic E-state index is 0.421. The van der Waals surface area contributed by atoms with Crippen LogP contribution in [-0.2, 0) is 0 Å². The average molecular weight is 289 g/mol. The molecule has 1 aliphatic carbocycles. The molecule has 0 N–H and O–H groups in total. The lowest BCUT2D eigenvalue weighted by Gasteiger charge is -2.20. The Bertz CT molecular complexity index is 615. The predicted molar refractivity (Wildman–Crippen MR) is 79.8 cm³/mol. The van der Waals surface area contributed by atoms with Crippen LogP contribution in [0.4, 0.5) is 0 Å². The summed E-state index contributed by atoms with van der Waals surface area (Å²) in [4.78, 5) is 11.3. The molecular weight excluding hydrogens is 272 g/mol. The van der Waals surface area contributed by atoms with E-state index in [2.05, 4.69) is 5.10 Å². The molecule has 1 fully saturated rings. The first-order valence-corrected chi connectivity index (χ1v) is 7.46. The van der Waals surface area contributed by atoms with Crippen LogP contribution < -0.4 is 0 Å². The van der Waals surface area contributed by atoms with E-state index in [-0.39, 0.29) is 0 Å². The lowest BCUT2D eigenvalue weighted by atomic mass is 9.86. The van der Waals surface area contributed by atoms with Crippen LogP contribution in [0.25, 0.3) is 5.69 Å². The third kappa shape index (κ3) is 2.63. The molecule has 0 unspecified atom stereocenters. The zero-order valence-corrected chi connectivity index (χ0v) is 12.0. The Labute approximate surface area is 123 Å². The highest BCUT2D eigenvalue weighted by molar-refractivity contribution is 6.30. The highest BCUT2D eigenvalue weighted by Gasteiger charge is 2.22. The van der Waals surface area contributed by atoms with Crippen molar-refractivity contribution in [3.8, 4) is 5.69 Å². The molecule has 0 spiro atoms. The molecule has 1 heterocycles. The summed E-state index contributed by atoms with van der Waals surface area (Å²) in [5.74, 6) is 0.421. The van der Waals surface area contributed by atoms with Crippen LogP contribution >= 0.6 is 11.6 Å². The van der Waals surface area contributed by atoms with E-state index in [1.54, 1.807) is 4.68 Å². The fourth-order valence-corrected chi connectivity index (χ4v) is 3.12. The maximum Gasteiger partial charge on any atom is 0.153 e. The Morgan fingerprint density at radius 2 is 2.05 bits per heavy atom. The van der Waals surface area contributed by atoms with Crippen LogP contribution in [0, 0.1) is 0 Å². The molecule has 20 heavy (non-hydrogen) atoms. The lowest BCUT2D eigenvalue weighted by Crippen LogP contribution is -2.07. The molecule has 0 radical (unpaired) electrons. The van der Waals surface area contributed by atoms with Crippen LogP contribution in [-0.4, -0.2) is 16.1 Å². The normalized spacial score (nSPS) is 16.2. The first-order valence-electron chi connectivity index (χ1n) is 7.08. The minimum absolute atomic E-state index is 0.421. The van der Waals surface area contributed by atoms with Gasteiger partial charge in [-0.05, 0) is 31.0 Å². The fraction of sp³-hybridized carbons (Fsp3) is 0.375. The summed E-state index contributed by atoms with van der Waals surface area (Å²) >= 11 is 6.01. The molecule has 2 aromatic rings. The van der Waals surface area contributed by atoms with Gasteiger partial charge in [0, 0.05) is 17.1 Å². The number of aromatic nitrogens is 2. The van der Waals surface area contributed by atoms with Gasteiger partial charge in [-0.2, -0.15) is 5.10 Å². The van der Waals surface area contributed by atoms with Gasteiger partial charge in [0.15, 0.2) is 6.29 Å². The molecule has 0 bridgehead atoms. The molecule has 104 valence electrons. The van der Waals surface area contributed by atoms with Crippen LogP contribution in [0.2, 0.25) is 5.02 Å². The number of rotatable bonds is 3. The van der Waals surface area contributed by atoms with Gasteiger partial charge in [-0.1, -0.05) is 36.9 Å². The Hall–Kier alpha value is -1.61. The molecule has 3 nitrogen and oxygen atoms in total. The Morgan fingerprint density at radius 1 is 1.25 bits per heavy atom. The van der Waals surface area contributed by atoms with Crippen molar-refractivity contribution >= 4 is 17.9 Å². The van der Waals surface area contributed by atoms with Gasteiger partial charge in [0.25, 0.3) is 0 Å². The van der Waals surface area contributed by atoms with Crippen molar-refractivity contribution in [2.45, 2.75) is 38.0 Å². The number of carbonyl (C=O) groups is 1. The zero-order valence-electron chi connectivity index (χ0n) is 11.3. The van der Waals surface area contributed by atoms with E-state index < -0.39 is 0 Å². The number of benzene rings is 1. The smallest absolute Gasteiger partial charge is 0.153 e. The van der Waals surface area contributed by atoms with Crippen molar-refractivity contribution in [3.05, 3.63) is 46.7 Å². The fourth-order valence-electron chi connectivity index (χ4n) is 2.94. The second-order valence-corrected chi connectivity index (χ2v) is 5.78. The maximum absolute atomic E-state index is 11.3. The first-order chi connectivity index (χ1) is 9.78. The molecular formula is C16H17ClN2O. The third-order valence-electron chi connectivity index (χ3n) is 3.96. The number of halogens is 1. The molecule has 0 amide bonds. The van der Waals surface area contributed by atoms with Gasteiger partial charge >= 0.3 is 0 Å². The quantitative estimate of drug-likeness (QED) is 0.785. The molecule has 1 aromatic carbocycles. The maximum atomic E-state index is 11.3. The van der Waals surface area contributed by atoms with Crippen LogP contribution in [0.1, 0.15) is 54.1 Å². The Kier molecular flexibility index (Phi) is 3.88. The minimum Gasteiger partial charge on any atom is -0.298 e. The molecule has 1 aliphatic rings. The highest BCUT2D eigenvalue weighted by Crippen LogP contribution is 2.33. The standard InChI is InChI=1S/C16H17ClN2O/c17-14-7-4-8-15(9-14)19-10-13(11-20)16(18-19)12-5-2-1-3-6-12/h4,7-12H,1-3,5-6H2. The summed E-state index contributed by atoms with van der Waals surface area (Å²) < 4.78 is 1.76. The van der Waals surface area contributed by atoms with Gasteiger partial charge < -0.3 is 0 Å². The monoisotopic (exact) mass is 288 g/mol. The summed E-state index contributed by atoms with van der Waals surface area (Å²) in [6.07, 6.45) is 8.74. The van der Waals surface area contributed by atoms with Crippen molar-refractivity contribution in [2.24, 2.45) is 0 Å². The van der Waals surface area contributed by atoms with E-state index in [1.165, 1.54) is 19.3 Å². The second kappa shape index (κ2) is 5.80. The number of carbonyl (C=O) groups excluding carboxylic acids is 1. The lowest BCUT2D eigenvalue weighted by molar-refractivity contribution is 0.112. The number of aldehydes is 1. The molecule has 0 saturated heterocycles. The Morgan fingerprint density at radius 3 is 2.75 bits per heavy atom. The van der Waals surface area contributed by atoms with Crippen molar-refractivity contribution < 1.29 is 4.79 Å². The van der Waals surface area contributed by atoms with Crippen LogP contribution in [0.3, 0.4) is 0 Å². The van der Waals surface area contributed by atoms with E-state index in [9.17, 15) is 4.79 Å². The average Bonchev–Trinajstić information content (AvgIpc) is 2.92. The first kappa shape index (κ1) is 13.4. The molecule has 4 heteroatoms. The molecule has 1 saturated carbocycles. The second-order valence-electron chi connectivity index (χ2n) is 5.35. The van der Waals surface area contributed by atoms with Gasteiger partial charge in [0.2, 0.25) is 0 Å². The van der Waals surface area contributed by atoms with Crippen molar-refractivity contribution in [2.75, 3.05) is 0 Å². The van der Waals surface area contributed by atoms with Gasteiger partial charge in [0.1, 0.15) is 0 Å². The summed E-state index contributed by atoms with van der Waals surface area (Å²) in [5.41, 5.74) is 2.54. The summed E-state index contributed by atoms with van der Waals surface area (Å²) in [6.45, 7) is 0. The predicted octanol–water partition coefficient (Wildman–Crippen LogP) is 4.39. The topological polar surface area (TPSA) is 34.9 Å². The van der Waals surface area contributed by atoms with Crippen molar-refractivity contribution in [1.82, 2.24) is 9.78 Å². The largest absolute Gasteiger partial charge is 0.298 e. The van der Waals surface area contributed by atoms with Crippen LogP contribution in [0.5, 0.6) is 0 Å². The summed E-state index contributed by atoms with van der Waals surface area (Å²) in [7, 11) is 0. The molecule has 1 aromatic heterocycles. The molecule has 0 aliphatic heterocycles. The van der Waals surface area contributed by atoms with Gasteiger partial charge in [0.05, 0.1) is 16.9 Å². The van der Waals surface area contributed by atoms with E-state index in [0.717, 1.165) is 30.5 Å². The molecule has 0 atom stereocenters.